The van der Waals surface area contributed by atoms with Crippen molar-refractivity contribution in [3.05, 3.63) is 53.5 Å². The first-order chi connectivity index (χ1) is 14.1. The molecule has 9 nitrogen and oxygen atoms in total. The molecule has 0 saturated carbocycles. The van der Waals surface area contributed by atoms with Crippen LogP contribution in [0.2, 0.25) is 5.02 Å². The van der Waals surface area contributed by atoms with Crippen molar-refractivity contribution in [3.63, 3.8) is 0 Å². The highest BCUT2D eigenvalue weighted by molar-refractivity contribution is 7.98. The van der Waals surface area contributed by atoms with E-state index in [-0.39, 0.29) is 6.42 Å². The molecule has 0 atom stereocenters. The van der Waals surface area contributed by atoms with Crippen molar-refractivity contribution in [3.8, 4) is 23.0 Å². The summed E-state index contributed by atoms with van der Waals surface area (Å²) in [5.74, 6) is 1.98. The number of rotatable bonds is 8. The number of furan rings is 1. The number of carbonyl (C=O) groups is 1. The first-order valence-electron chi connectivity index (χ1n) is 8.57. The molecule has 0 fully saturated rings. The van der Waals surface area contributed by atoms with Crippen LogP contribution in [0.3, 0.4) is 0 Å². The van der Waals surface area contributed by atoms with Gasteiger partial charge in [-0.3, -0.25) is 9.36 Å². The van der Waals surface area contributed by atoms with Gasteiger partial charge in [0.25, 0.3) is 5.89 Å². The molecule has 11 heteroatoms. The van der Waals surface area contributed by atoms with Crippen LogP contribution in [0.5, 0.6) is 0 Å². The molecule has 0 spiro atoms. The van der Waals surface area contributed by atoms with Crippen molar-refractivity contribution in [1.82, 2.24) is 24.9 Å². The molecule has 3 aromatic heterocycles. The topological polar surface area (TPSA) is 126 Å². The molecule has 1 aromatic carbocycles. The zero-order chi connectivity index (χ0) is 20.2. The Morgan fingerprint density at radius 1 is 1.21 bits per heavy atom. The summed E-state index contributed by atoms with van der Waals surface area (Å²) < 4.78 is 12.5. The van der Waals surface area contributed by atoms with Gasteiger partial charge in [0.1, 0.15) is 0 Å². The summed E-state index contributed by atoms with van der Waals surface area (Å²) in [6.07, 6.45) is 1.70. The monoisotopic (exact) mass is 430 g/mol. The number of primary amides is 1. The number of thioether (sulfide) groups is 1. The van der Waals surface area contributed by atoms with Gasteiger partial charge in [-0.15, -0.1) is 10.2 Å². The molecule has 0 unspecified atom stereocenters. The van der Waals surface area contributed by atoms with E-state index in [1.54, 1.807) is 35.1 Å². The van der Waals surface area contributed by atoms with E-state index in [1.807, 2.05) is 12.1 Å². The third-order valence-electron chi connectivity index (χ3n) is 3.93. The molecule has 0 aliphatic rings. The summed E-state index contributed by atoms with van der Waals surface area (Å²) in [6, 6.07) is 10.7. The van der Waals surface area contributed by atoms with Crippen molar-refractivity contribution in [2.45, 2.75) is 23.9 Å². The van der Waals surface area contributed by atoms with E-state index in [0.29, 0.717) is 45.8 Å². The first kappa shape index (κ1) is 19.2. The molecule has 4 rings (SSSR count). The van der Waals surface area contributed by atoms with Crippen molar-refractivity contribution >= 4 is 29.3 Å². The number of benzene rings is 1. The largest absolute Gasteiger partial charge is 0.461 e. The lowest BCUT2D eigenvalue weighted by Crippen LogP contribution is -2.15. The minimum Gasteiger partial charge on any atom is -0.461 e. The Kier molecular flexibility index (Phi) is 5.63. The van der Waals surface area contributed by atoms with Crippen molar-refractivity contribution in [2.24, 2.45) is 5.73 Å². The van der Waals surface area contributed by atoms with Crippen LogP contribution in [0.1, 0.15) is 12.2 Å². The van der Waals surface area contributed by atoms with Crippen LogP contribution in [-0.2, 0) is 17.1 Å². The summed E-state index contributed by atoms with van der Waals surface area (Å²) >= 11 is 7.27. The lowest BCUT2D eigenvalue weighted by molar-refractivity contribution is -0.118. The third-order valence-corrected chi connectivity index (χ3v) is 5.14. The summed E-state index contributed by atoms with van der Waals surface area (Å²) in [6.45, 7) is 0.336. The van der Waals surface area contributed by atoms with Crippen LogP contribution in [0.4, 0.5) is 0 Å². The summed E-state index contributed by atoms with van der Waals surface area (Å²) in [4.78, 5) is 15.6. The molecule has 4 aromatic rings. The van der Waals surface area contributed by atoms with Gasteiger partial charge < -0.3 is 14.7 Å². The molecule has 0 saturated heterocycles. The van der Waals surface area contributed by atoms with Gasteiger partial charge in [-0.05, 0) is 36.4 Å². The van der Waals surface area contributed by atoms with Gasteiger partial charge in [-0.1, -0.05) is 28.5 Å². The standard InChI is InChI=1S/C18H15ClN6O3S/c19-12-5-3-11(4-6-12)17-21-15(24-28-17)10-29-18-23-22-16(13-2-1-9-27-13)25(18)8-7-14(20)26/h1-6,9H,7-8,10H2,(H2,20,26). The maximum absolute atomic E-state index is 11.2. The van der Waals surface area contributed by atoms with Crippen molar-refractivity contribution < 1.29 is 13.7 Å². The second-order valence-corrected chi connectivity index (χ2v) is 7.34. The van der Waals surface area contributed by atoms with Gasteiger partial charge in [-0.2, -0.15) is 4.98 Å². The normalized spacial score (nSPS) is 11.1. The zero-order valence-electron chi connectivity index (χ0n) is 15.0. The molecule has 0 radical (unpaired) electrons. The number of aromatic nitrogens is 5. The Bertz CT molecular complexity index is 1110. The van der Waals surface area contributed by atoms with Crippen LogP contribution in [0, 0.1) is 0 Å². The number of amides is 1. The van der Waals surface area contributed by atoms with Gasteiger partial charge in [0.05, 0.1) is 12.0 Å². The van der Waals surface area contributed by atoms with E-state index in [2.05, 4.69) is 20.3 Å². The highest BCUT2D eigenvalue weighted by Gasteiger charge is 2.18. The van der Waals surface area contributed by atoms with E-state index in [4.69, 9.17) is 26.3 Å². The highest BCUT2D eigenvalue weighted by Crippen LogP contribution is 2.27. The van der Waals surface area contributed by atoms with E-state index in [1.165, 1.54) is 11.8 Å². The second kappa shape index (κ2) is 8.50. The van der Waals surface area contributed by atoms with Crippen LogP contribution >= 0.6 is 23.4 Å². The molecule has 29 heavy (non-hydrogen) atoms. The lowest BCUT2D eigenvalue weighted by atomic mass is 10.2. The Morgan fingerprint density at radius 3 is 2.76 bits per heavy atom. The van der Waals surface area contributed by atoms with E-state index in [9.17, 15) is 4.79 Å². The van der Waals surface area contributed by atoms with Crippen molar-refractivity contribution in [1.29, 1.82) is 0 Å². The Labute approximate surface area is 174 Å². The quantitative estimate of drug-likeness (QED) is 0.421. The van der Waals surface area contributed by atoms with Crippen LogP contribution in [-0.4, -0.2) is 30.8 Å². The van der Waals surface area contributed by atoms with Gasteiger partial charge in [0.2, 0.25) is 5.91 Å². The van der Waals surface area contributed by atoms with Crippen LogP contribution in [0.25, 0.3) is 23.0 Å². The number of hydrogen-bond donors (Lipinski definition) is 1. The molecule has 1 amide bonds. The third kappa shape index (κ3) is 4.49. The molecule has 0 aliphatic heterocycles. The molecule has 148 valence electrons. The average molecular weight is 431 g/mol. The van der Waals surface area contributed by atoms with E-state index < -0.39 is 5.91 Å². The number of carbonyl (C=O) groups excluding carboxylic acids is 1. The van der Waals surface area contributed by atoms with E-state index >= 15 is 0 Å². The van der Waals surface area contributed by atoms with Gasteiger partial charge in [0, 0.05) is 23.6 Å². The highest BCUT2D eigenvalue weighted by atomic mass is 35.5. The van der Waals surface area contributed by atoms with Gasteiger partial charge in [0.15, 0.2) is 22.6 Å². The molecule has 0 aliphatic carbocycles. The van der Waals surface area contributed by atoms with Gasteiger partial charge >= 0.3 is 0 Å². The van der Waals surface area contributed by atoms with Crippen molar-refractivity contribution in [2.75, 3.05) is 0 Å². The summed E-state index contributed by atoms with van der Waals surface area (Å²) in [5.41, 5.74) is 6.08. The maximum Gasteiger partial charge on any atom is 0.257 e. The molecular weight excluding hydrogens is 416 g/mol. The molecular formula is C18H15ClN6O3S. The fourth-order valence-corrected chi connectivity index (χ4v) is 3.49. The number of nitrogens with zero attached hydrogens (tertiary/aromatic N) is 5. The van der Waals surface area contributed by atoms with Crippen LogP contribution in [0.15, 0.2) is 56.8 Å². The van der Waals surface area contributed by atoms with Gasteiger partial charge in [-0.25, -0.2) is 0 Å². The van der Waals surface area contributed by atoms with E-state index in [0.717, 1.165) is 5.56 Å². The predicted octanol–water partition coefficient (Wildman–Crippen LogP) is 3.41. The molecule has 3 heterocycles. The minimum atomic E-state index is -0.411. The number of hydrogen-bond acceptors (Lipinski definition) is 8. The minimum absolute atomic E-state index is 0.155. The smallest absolute Gasteiger partial charge is 0.257 e. The molecule has 0 bridgehead atoms. The Morgan fingerprint density at radius 2 is 2.03 bits per heavy atom. The summed E-state index contributed by atoms with van der Waals surface area (Å²) in [7, 11) is 0. The molecule has 2 N–H and O–H groups in total. The Hall–Kier alpha value is -3.11. The fourth-order valence-electron chi connectivity index (χ4n) is 2.56. The predicted molar refractivity (Wildman–Crippen MR) is 106 cm³/mol. The lowest BCUT2D eigenvalue weighted by Gasteiger charge is -2.07. The SMILES string of the molecule is NC(=O)CCn1c(SCc2noc(-c3ccc(Cl)cc3)n2)nnc1-c1ccco1. The maximum atomic E-state index is 11.2. The zero-order valence-corrected chi connectivity index (χ0v) is 16.6. The number of nitrogens with two attached hydrogens (primary N) is 1. The first-order valence-corrected chi connectivity index (χ1v) is 9.93. The average Bonchev–Trinajstić information content (AvgIpc) is 3.45. The van der Waals surface area contributed by atoms with Crippen LogP contribution < -0.4 is 5.73 Å². The fraction of sp³-hybridized carbons (Fsp3) is 0.167. The summed E-state index contributed by atoms with van der Waals surface area (Å²) in [5, 5.41) is 13.6. The number of halogens is 1. The second-order valence-electron chi connectivity index (χ2n) is 5.96. The Balaban J connectivity index is 1.51.